The second-order valence-electron chi connectivity index (χ2n) is 11.4. The summed E-state index contributed by atoms with van der Waals surface area (Å²) in [5.74, 6) is -0.568. The second-order valence-corrected chi connectivity index (χ2v) is 11.4. The SMILES string of the molecule is CC[C@@](C)(Nc1ccnc(-c2cn(COC(=O)C(C)c3ccc(CC(C)C)cc3)c3ncccc23)n1)C(=O)NCC(F)(F)F. The standard InChI is InChI=1S/C32H37F3N6O3/c1-6-31(5,30(43)38-18-32(33,34)35)40-26-13-15-36-27(39-26)25-17-41(28-24(25)8-7-14-37-28)19-44-29(42)21(4)23-11-9-22(10-12-23)16-20(2)3/h7-15,17,20-21H,6,16,18-19H2,1-5H3,(H,38,43)(H,36,39,40)/t21?,31-/m1/s1. The van der Waals surface area contributed by atoms with E-state index in [-0.39, 0.29) is 24.9 Å². The lowest BCUT2D eigenvalue weighted by molar-refractivity contribution is -0.148. The summed E-state index contributed by atoms with van der Waals surface area (Å²) in [4.78, 5) is 39.0. The number of aromatic nitrogens is 4. The van der Waals surface area contributed by atoms with Crippen molar-refractivity contribution in [2.45, 2.75) is 71.8 Å². The number of esters is 1. The maximum absolute atomic E-state index is 13.0. The highest BCUT2D eigenvalue weighted by atomic mass is 19.4. The molecule has 0 aliphatic rings. The van der Waals surface area contributed by atoms with E-state index in [1.807, 2.05) is 35.6 Å². The molecule has 1 aromatic carbocycles. The number of ether oxygens (including phenoxy) is 1. The summed E-state index contributed by atoms with van der Waals surface area (Å²) in [6, 6.07) is 13.1. The molecular formula is C32H37F3N6O3. The van der Waals surface area contributed by atoms with Crippen LogP contribution in [0, 0.1) is 5.92 Å². The fraction of sp³-hybridized carbons (Fsp3) is 0.406. The molecular weight excluding hydrogens is 573 g/mol. The van der Waals surface area contributed by atoms with Crippen LogP contribution < -0.4 is 10.6 Å². The molecule has 4 rings (SSSR count). The number of alkyl halides is 3. The Bertz CT molecular complexity index is 1600. The number of nitrogens with zero attached hydrogens (tertiary/aromatic N) is 4. The van der Waals surface area contributed by atoms with Crippen molar-refractivity contribution in [2.24, 2.45) is 5.92 Å². The van der Waals surface area contributed by atoms with Crippen molar-refractivity contribution in [1.29, 1.82) is 0 Å². The van der Waals surface area contributed by atoms with Crippen LogP contribution in [-0.2, 0) is 27.5 Å². The van der Waals surface area contributed by atoms with E-state index in [0.29, 0.717) is 28.3 Å². The molecule has 0 radical (unpaired) electrons. The van der Waals surface area contributed by atoms with Crippen LogP contribution in [0.3, 0.4) is 0 Å². The van der Waals surface area contributed by atoms with Crippen molar-refractivity contribution in [2.75, 3.05) is 11.9 Å². The smallest absolute Gasteiger partial charge is 0.405 e. The summed E-state index contributed by atoms with van der Waals surface area (Å²) >= 11 is 0. The zero-order valence-electron chi connectivity index (χ0n) is 25.4. The Kier molecular flexibility index (Phi) is 9.91. The van der Waals surface area contributed by atoms with E-state index >= 15 is 0 Å². The van der Waals surface area contributed by atoms with Crippen LogP contribution in [0.5, 0.6) is 0 Å². The van der Waals surface area contributed by atoms with Crippen LogP contribution in [0.25, 0.3) is 22.4 Å². The van der Waals surface area contributed by atoms with Gasteiger partial charge in [0.15, 0.2) is 12.6 Å². The first-order valence-electron chi connectivity index (χ1n) is 14.5. The van der Waals surface area contributed by atoms with Crippen LogP contribution >= 0.6 is 0 Å². The minimum Gasteiger partial charge on any atom is -0.443 e. The number of hydrogen-bond donors (Lipinski definition) is 2. The first-order chi connectivity index (χ1) is 20.8. The second kappa shape index (κ2) is 13.4. The Morgan fingerprint density at radius 2 is 1.75 bits per heavy atom. The molecule has 4 aromatic rings. The van der Waals surface area contributed by atoms with Crippen molar-refractivity contribution < 1.29 is 27.5 Å². The van der Waals surface area contributed by atoms with E-state index in [1.165, 1.54) is 24.8 Å². The van der Waals surface area contributed by atoms with Gasteiger partial charge in [0.1, 0.15) is 23.5 Å². The van der Waals surface area contributed by atoms with Gasteiger partial charge in [-0.2, -0.15) is 13.2 Å². The number of halogens is 3. The first-order valence-corrected chi connectivity index (χ1v) is 14.5. The largest absolute Gasteiger partial charge is 0.443 e. The number of rotatable bonds is 12. The number of amides is 1. The van der Waals surface area contributed by atoms with Gasteiger partial charge in [-0.1, -0.05) is 45.0 Å². The molecule has 44 heavy (non-hydrogen) atoms. The minimum absolute atomic E-state index is 0.0899. The predicted octanol–water partition coefficient (Wildman–Crippen LogP) is 6.26. The molecule has 0 aliphatic carbocycles. The molecule has 2 N–H and O–H groups in total. The van der Waals surface area contributed by atoms with Gasteiger partial charge in [0.2, 0.25) is 5.91 Å². The van der Waals surface area contributed by atoms with Gasteiger partial charge in [-0.15, -0.1) is 0 Å². The Hall–Kier alpha value is -4.48. The highest BCUT2D eigenvalue weighted by Gasteiger charge is 2.35. The molecule has 234 valence electrons. The van der Waals surface area contributed by atoms with Gasteiger partial charge in [-0.05, 0) is 61.9 Å². The third-order valence-electron chi connectivity index (χ3n) is 7.42. The van der Waals surface area contributed by atoms with Gasteiger partial charge < -0.3 is 15.4 Å². The monoisotopic (exact) mass is 610 g/mol. The average molecular weight is 611 g/mol. The van der Waals surface area contributed by atoms with Crippen molar-refractivity contribution in [3.63, 3.8) is 0 Å². The fourth-order valence-corrected chi connectivity index (χ4v) is 4.73. The van der Waals surface area contributed by atoms with Crippen LogP contribution in [0.4, 0.5) is 19.0 Å². The Morgan fingerprint density at radius 3 is 2.41 bits per heavy atom. The Balaban J connectivity index is 1.51. The third-order valence-corrected chi connectivity index (χ3v) is 7.42. The summed E-state index contributed by atoms with van der Waals surface area (Å²) in [5.41, 5.74) is 1.87. The molecule has 0 saturated carbocycles. The molecule has 2 atom stereocenters. The molecule has 9 nitrogen and oxygen atoms in total. The van der Waals surface area contributed by atoms with Gasteiger partial charge in [-0.3, -0.25) is 14.2 Å². The Labute approximate surface area is 254 Å². The molecule has 3 aromatic heterocycles. The van der Waals surface area contributed by atoms with Gasteiger partial charge >= 0.3 is 12.1 Å². The lowest BCUT2D eigenvalue weighted by Gasteiger charge is -2.29. The number of carbonyl (C=O) groups is 2. The third kappa shape index (κ3) is 7.91. The maximum Gasteiger partial charge on any atom is 0.405 e. The summed E-state index contributed by atoms with van der Waals surface area (Å²) < 4.78 is 45.4. The summed E-state index contributed by atoms with van der Waals surface area (Å²) in [6.07, 6.45) is 1.47. The van der Waals surface area contributed by atoms with Gasteiger partial charge in [0.25, 0.3) is 0 Å². The molecule has 1 unspecified atom stereocenters. The molecule has 0 fully saturated rings. The Morgan fingerprint density at radius 1 is 1.02 bits per heavy atom. The summed E-state index contributed by atoms with van der Waals surface area (Å²) in [7, 11) is 0. The molecule has 0 spiro atoms. The normalized spacial score (nSPS) is 13.8. The van der Waals surface area contributed by atoms with E-state index in [2.05, 4.69) is 34.1 Å². The quantitative estimate of drug-likeness (QED) is 0.182. The first kappa shape index (κ1) is 32.4. The van der Waals surface area contributed by atoms with Crippen LogP contribution in [-0.4, -0.2) is 49.7 Å². The lowest BCUT2D eigenvalue weighted by atomic mass is 9.97. The molecule has 0 bridgehead atoms. The molecule has 1 amide bonds. The number of fused-ring (bicyclic) bond motifs is 1. The number of hydrogen-bond acceptors (Lipinski definition) is 7. The van der Waals surface area contributed by atoms with E-state index in [4.69, 9.17) is 4.74 Å². The molecule has 3 heterocycles. The minimum atomic E-state index is -4.53. The highest BCUT2D eigenvalue weighted by Crippen LogP contribution is 2.29. The van der Waals surface area contributed by atoms with E-state index in [9.17, 15) is 22.8 Å². The van der Waals surface area contributed by atoms with E-state index < -0.39 is 30.1 Å². The van der Waals surface area contributed by atoms with Crippen molar-refractivity contribution in [3.8, 4) is 11.4 Å². The van der Waals surface area contributed by atoms with E-state index in [1.54, 1.807) is 36.9 Å². The number of benzene rings is 1. The topological polar surface area (TPSA) is 111 Å². The fourth-order valence-electron chi connectivity index (χ4n) is 4.73. The van der Waals surface area contributed by atoms with Crippen molar-refractivity contribution in [3.05, 3.63) is 72.2 Å². The van der Waals surface area contributed by atoms with Crippen molar-refractivity contribution >= 4 is 28.7 Å². The summed E-state index contributed by atoms with van der Waals surface area (Å²) in [6.45, 7) is 7.79. The van der Waals surface area contributed by atoms with Crippen molar-refractivity contribution in [1.82, 2.24) is 24.8 Å². The molecule has 0 aliphatic heterocycles. The maximum atomic E-state index is 13.0. The average Bonchev–Trinajstić information content (AvgIpc) is 3.36. The van der Waals surface area contributed by atoms with Crippen LogP contribution in [0.1, 0.15) is 58.1 Å². The van der Waals surface area contributed by atoms with Crippen LogP contribution in [0.15, 0.2) is 61.1 Å². The van der Waals surface area contributed by atoms with Crippen LogP contribution in [0.2, 0.25) is 0 Å². The zero-order chi connectivity index (χ0) is 32.1. The van der Waals surface area contributed by atoms with E-state index in [0.717, 1.165) is 12.0 Å². The number of pyridine rings is 1. The number of carbonyl (C=O) groups excluding carboxylic acids is 2. The molecule has 0 saturated heterocycles. The number of nitrogens with one attached hydrogen (secondary N) is 2. The molecule has 12 heteroatoms. The highest BCUT2D eigenvalue weighted by molar-refractivity contribution is 5.92. The predicted molar refractivity (Wildman–Crippen MR) is 162 cm³/mol. The lowest BCUT2D eigenvalue weighted by Crippen LogP contribution is -2.52. The van der Waals surface area contributed by atoms with Gasteiger partial charge in [0, 0.05) is 29.5 Å². The van der Waals surface area contributed by atoms with Gasteiger partial charge in [0.05, 0.1) is 5.92 Å². The van der Waals surface area contributed by atoms with Gasteiger partial charge in [-0.25, -0.2) is 15.0 Å². The summed E-state index contributed by atoms with van der Waals surface area (Å²) in [5, 5.41) is 5.60. The zero-order valence-corrected chi connectivity index (χ0v) is 25.4. The number of anilines is 1.